The van der Waals surface area contributed by atoms with Crippen LogP contribution in [0.15, 0.2) is 0 Å². The first-order chi connectivity index (χ1) is 4.29. The van der Waals surface area contributed by atoms with E-state index in [2.05, 4.69) is 22.9 Å². The average Bonchev–Trinajstić information content (AvgIpc) is 2.59. The molecule has 0 amide bonds. The van der Waals surface area contributed by atoms with Gasteiger partial charge in [0, 0.05) is 5.33 Å². The van der Waals surface area contributed by atoms with Gasteiger partial charge in [-0.05, 0) is 36.5 Å². The van der Waals surface area contributed by atoms with Crippen molar-refractivity contribution in [2.45, 2.75) is 26.2 Å². The Kier molecular flexibility index (Phi) is 1.20. The second kappa shape index (κ2) is 1.75. The molecule has 2 atom stereocenters. The summed E-state index contributed by atoms with van der Waals surface area (Å²) in [6, 6.07) is 0. The minimum atomic E-state index is 0.778. The first-order valence-corrected chi connectivity index (χ1v) is 4.98. The average molecular weight is 189 g/mol. The largest absolute Gasteiger partial charge is 0.0922 e. The maximum absolute atomic E-state index is 3.61. The summed E-state index contributed by atoms with van der Waals surface area (Å²) >= 11 is 3.61. The van der Waals surface area contributed by atoms with E-state index in [9.17, 15) is 0 Å². The molecule has 0 nitrogen and oxygen atoms in total. The minimum Gasteiger partial charge on any atom is -0.0922 e. The zero-order valence-corrected chi connectivity index (χ0v) is 7.45. The first-order valence-electron chi connectivity index (χ1n) is 3.85. The van der Waals surface area contributed by atoms with E-state index < -0.39 is 0 Å². The quantitative estimate of drug-likeness (QED) is 0.586. The molecule has 0 N–H and O–H groups in total. The highest BCUT2D eigenvalue weighted by Crippen LogP contribution is 2.65. The molecule has 1 heteroatoms. The van der Waals surface area contributed by atoms with Gasteiger partial charge in [-0.2, -0.15) is 0 Å². The lowest BCUT2D eigenvalue weighted by Gasteiger charge is -2.09. The molecule has 2 aliphatic rings. The Labute approximate surface area is 65.1 Å². The Morgan fingerprint density at radius 1 is 1.56 bits per heavy atom. The van der Waals surface area contributed by atoms with Gasteiger partial charge in [-0.1, -0.05) is 22.9 Å². The van der Waals surface area contributed by atoms with Crippen LogP contribution in [0, 0.1) is 17.3 Å². The molecule has 0 aromatic carbocycles. The normalized spacial score (nSPS) is 49.3. The van der Waals surface area contributed by atoms with Gasteiger partial charge in [0.2, 0.25) is 0 Å². The van der Waals surface area contributed by atoms with Gasteiger partial charge in [-0.25, -0.2) is 0 Å². The summed E-state index contributed by atoms with van der Waals surface area (Å²) in [4.78, 5) is 0. The fraction of sp³-hybridized carbons (Fsp3) is 1.00. The molecule has 0 aliphatic heterocycles. The number of halogens is 1. The minimum absolute atomic E-state index is 0.778. The molecule has 0 aromatic rings. The van der Waals surface area contributed by atoms with E-state index in [-0.39, 0.29) is 0 Å². The second-order valence-electron chi connectivity index (χ2n) is 3.75. The van der Waals surface area contributed by atoms with E-state index in [1.54, 1.807) is 0 Å². The van der Waals surface area contributed by atoms with Crippen LogP contribution < -0.4 is 0 Å². The zero-order chi connectivity index (χ0) is 6.48. The SMILES string of the molecule is CC1CC1(CBr)C1CC1. The molecule has 2 rings (SSSR count). The first kappa shape index (κ1) is 6.21. The van der Waals surface area contributed by atoms with Gasteiger partial charge < -0.3 is 0 Å². The third kappa shape index (κ3) is 0.772. The van der Waals surface area contributed by atoms with Crippen molar-refractivity contribution < 1.29 is 0 Å². The van der Waals surface area contributed by atoms with Crippen LogP contribution in [-0.2, 0) is 0 Å². The van der Waals surface area contributed by atoms with Gasteiger partial charge in [-0.15, -0.1) is 0 Å². The highest BCUT2D eigenvalue weighted by Gasteiger charge is 2.58. The molecule has 0 aromatic heterocycles. The highest BCUT2D eigenvalue weighted by molar-refractivity contribution is 9.09. The summed E-state index contributed by atoms with van der Waals surface area (Å²) in [5.74, 6) is 2.12. The Morgan fingerprint density at radius 2 is 2.11 bits per heavy atom. The topological polar surface area (TPSA) is 0 Å². The van der Waals surface area contributed by atoms with Crippen molar-refractivity contribution in [3.05, 3.63) is 0 Å². The van der Waals surface area contributed by atoms with Gasteiger partial charge in [0.25, 0.3) is 0 Å². The number of alkyl halides is 1. The van der Waals surface area contributed by atoms with E-state index in [0.717, 1.165) is 17.3 Å². The van der Waals surface area contributed by atoms with Gasteiger partial charge >= 0.3 is 0 Å². The van der Waals surface area contributed by atoms with Gasteiger partial charge in [-0.3, -0.25) is 0 Å². The van der Waals surface area contributed by atoms with Crippen LogP contribution in [0.1, 0.15) is 26.2 Å². The van der Waals surface area contributed by atoms with Crippen molar-refractivity contribution >= 4 is 15.9 Å². The molecule has 0 radical (unpaired) electrons. The van der Waals surface area contributed by atoms with Gasteiger partial charge in [0.1, 0.15) is 0 Å². The molecule has 0 bridgehead atoms. The lowest BCUT2D eigenvalue weighted by atomic mass is 10.0. The van der Waals surface area contributed by atoms with Crippen LogP contribution in [0.5, 0.6) is 0 Å². The van der Waals surface area contributed by atoms with Crippen LogP contribution >= 0.6 is 15.9 Å². The van der Waals surface area contributed by atoms with E-state index >= 15 is 0 Å². The van der Waals surface area contributed by atoms with E-state index in [1.165, 1.54) is 24.6 Å². The summed E-state index contributed by atoms with van der Waals surface area (Å²) < 4.78 is 0. The van der Waals surface area contributed by atoms with Crippen LogP contribution in [0.4, 0.5) is 0 Å². The Morgan fingerprint density at radius 3 is 2.22 bits per heavy atom. The summed E-state index contributed by atoms with van der Waals surface area (Å²) in [7, 11) is 0. The maximum Gasteiger partial charge on any atom is 0.00932 e. The van der Waals surface area contributed by atoms with Gasteiger partial charge in [0.05, 0.1) is 0 Å². The molecule has 9 heavy (non-hydrogen) atoms. The van der Waals surface area contributed by atoms with Crippen molar-refractivity contribution in [1.29, 1.82) is 0 Å². The maximum atomic E-state index is 3.61. The predicted molar refractivity (Wildman–Crippen MR) is 42.7 cm³/mol. The Bertz CT molecular complexity index is 125. The number of rotatable bonds is 2. The summed E-state index contributed by atoms with van der Waals surface area (Å²) in [5.41, 5.74) is 0.778. The van der Waals surface area contributed by atoms with Crippen molar-refractivity contribution in [1.82, 2.24) is 0 Å². The van der Waals surface area contributed by atoms with Crippen LogP contribution in [0.2, 0.25) is 0 Å². The van der Waals surface area contributed by atoms with Crippen LogP contribution in [-0.4, -0.2) is 5.33 Å². The molecular formula is C8H13Br. The van der Waals surface area contributed by atoms with E-state index in [1.807, 2.05) is 0 Å². The van der Waals surface area contributed by atoms with Crippen molar-refractivity contribution in [2.75, 3.05) is 5.33 Å². The third-order valence-electron chi connectivity index (χ3n) is 3.15. The Hall–Kier alpha value is 0.480. The summed E-state index contributed by atoms with van der Waals surface area (Å²) in [6.07, 6.45) is 4.51. The molecule has 2 fully saturated rings. The fourth-order valence-electron chi connectivity index (χ4n) is 2.03. The number of hydrogen-bond donors (Lipinski definition) is 0. The lowest BCUT2D eigenvalue weighted by Crippen LogP contribution is -2.06. The van der Waals surface area contributed by atoms with Crippen molar-refractivity contribution in [2.24, 2.45) is 17.3 Å². The van der Waals surface area contributed by atoms with Crippen molar-refractivity contribution in [3.8, 4) is 0 Å². The predicted octanol–water partition coefficient (Wildman–Crippen LogP) is 2.82. The molecule has 0 spiro atoms. The molecule has 2 saturated carbocycles. The lowest BCUT2D eigenvalue weighted by molar-refractivity contribution is 0.462. The monoisotopic (exact) mass is 188 g/mol. The summed E-state index contributed by atoms with van der Waals surface area (Å²) in [6.45, 7) is 2.39. The highest BCUT2D eigenvalue weighted by atomic mass is 79.9. The molecule has 2 aliphatic carbocycles. The third-order valence-corrected chi connectivity index (χ3v) is 4.19. The van der Waals surface area contributed by atoms with E-state index in [0.29, 0.717) is 0 Å². The molecular weight excluding hydrogens is 176 g/mol. The fourth-order valence-corrected chi connectivity index (χ4v) is 3.27. The van der Waals surface area contributed by atoms with Crippen molar-refractivity contribution in [3.63, 3.8) is 0 Å². The Balaban J connectivity index is 2.03. The molecule has 52 valence electrons. The smallest absolute Gasteiger partial charge is 0.00932 e. The molecule has 0 saturated heterocycles. The van der Waals surface area contributed by atoms with Crippen LogP contribution in [0.25, 0.3) is 0 Å². The van der Waals surface area contributed by atoms with Crippen LogP contribution in [0.3, 0.4) is 0 Å². The van der Waals surface area contributed by atoms with E-state index in [4.69, 9.17) is 0 Å². The number of hydrogen-bond acceptors (Lipinski definition) is 0. The van der Waals surface area contributed by atoms with Gasteiger partial charge in [0.15, 0.2) is 0 Å². The zero-order valence-electron chi connectivity index (χ0n) is 5.86. The molecule has 0 heterocycles. The second-order valence-corrected chi connectivity index (χ2v) is 4.31. The standard InChI is InChI=1S/C8H13Br/c1-6-4-8(6,5-9)7-2-3-7/h6-7H,2-5H2,1H3. The summed E-state index contributed by atoms with van der Waals surface area (Å²) in [5, 5.41) is 1.26. The molecule has 2 unspecified atom stereocenters.